The minimum absolute atomic E-state index is 0.0727. The highest BCUT2D eigenvalue weighted by molar-refractivity contribution is 5.80. The van der Waals surface area contributed by atoms with Crippen molar-refractivity contribution in [3.63, 3.8) is 0 Å². The van der Waals surface area contributed by atoms with Gasteiger partial charge in [-0.25, -0.2) is 9.67 Å². The van der Waals surface area contributed by atoms with Crippen LogP contribution in [-0.4, -0.2) is 46.0 Å². The van der Waals surface area contributed by atoms with Crippen LogP contribution in [0, 0.1) is 0 Å². The maximum absolute atomic E-state index is 12.5. The number of nitrogens with one attached hydrogen (secondary N) is 2. The fourth-order valence-electron chi connectivity index (χ4n) is 3.98. The van der Waals surface area contributed by atoms with E-state index in [1.54, 1.807) is 30.5 Å². The van der Waals surface area contributed by atoms with Gasteiger partial charge in [0.15, 0.2) is 0 Å². The Kier molecular flexibility index (Phi) is 6.36. The fourth-order valence-corrected chi connectivity index (χ4v) is 3.98. The number of aromatic nitrogens is 3. The van der Waals surface area contributed by atoms with Crippen molar-refractivity contribution in [2.24, 2.45) is 0 Å². The maximum atomic E-state index is 12.5. The molecule has 32 heavy (non-hydrogen) atoms. The van der Waals surface area contributed by atoms with Crippen molar-refractivity contribution in [1.29, 1.82) is 0 Å². The molecule has 9 heteroatoms. The molecule has 0 spiro atoms. The number of carbonyl (C=O) groups excluding carboxylic acids is 1. The molecular formula is C23H27N5O4. The molecule has 4 rings (SSSR count). The molecule has 168 valence electrons. The number of H-pyrrole nitrogens is 1. The Morgan fingerprint density at radius 3 is 2.53 bits per heavy atom. The largest absolute Gasteiger partial charge is 0.372 e. The summed E-state index contributed by atoms with van der Waals surface area (Å²) in [4.78, 5) is 43.7. The van der Waals surface area contributed by atoms with Gasteiger partial charge in [0.25, 0.3) is 11.1 Å². The predicted octanol–water partition coefficient (Wildman–Crippen LogP) is 1.40. The Bertz CT molecular complexity index is 1210. The summed E-state index contributed by atoms with van der Waals surface area (Å²) in [6, 6.07) is 10.5. The molecule has 2 aromatic heterocycles. The molecule has 0 bridgehead atoms. The molecule has 0 saturated carbocycles. The van der Waals surface area contributed by atoms with Crippen molar-refractivity contribution in [2.45, 2.75) is 45.6 Å². The number of ether oxygens (including phenoxy) is 1. The number of anilines is 1. The van der Waals surface area contributed by atoms with Crippen LogP contribution in [0.5, 0.6) is 0 Å². The lowest BCUT2D eigenvalue weighted by atomic mass is 10.2. The standard InChI is InChI=1S/C23H27N5O4/c1-15-13-27(14-16(2)32-15)20-8-7-17(11-24-20)12-25-21(29)9-10-28-23(31)19-6-4-3-5-18(19)22(30)26-28/h3-8,11,15-16H,9-10,12-14H2,1-2H3,(H,25,29)(H,26,30). The number of aryl methyl sites for hydroxylation is 1. The number of nitrogens with zero attached hydrogens (tertiary/aromatic N) is 3. The lowest BCUT2D eigenvalue weighted by Crippen LogP contribution is -2.45. The van der Waals surface area contributed by atoms with Gasteiger partial charge >= 0.3 is 0 Å². The van der Waals surface area contributed by atoms with Crippen LogP contribution in [0.3, 0.4) is 0 Å². The quantitative estimate of drug-likeness (QED) is 0.604. The van der Waals surface area contributed by atoms with Gasteiger partial charge in [-0.3, -0.25) is 19.5 Å². The van der Waals surface area contributed by atoms with Crippen LogP contribution in [0.2, 0.25) is 0 Å². The fraction of sp³-hybridized carbons (Fsp3) is 0.391. The molecule has 1 saturated heterocycles. The molecule has 0 aliphatic carbocycles. The Morgan fingerprint density at radius 1 is 1.12 bits per heavy atom. The molecule has 0 radical (unpaired) electrons. The summed E-state index contributed by atoms with van der Waals surface area (Å²) in [7, 11) is 0. The van der Waals surface area contributed by atoms with E-state index in [9.17, 15) is 14.4 Å². The lowest BCUT2D eigenvalue weighted by molar-refractivity contribution is -0.121. The van der Waals surface area contributed by atoms with Gasteiger partial charge in [-0.1, -0.05) is 18.2 Å². The molecule has 1 aliphatic heterocycles. The van der Waals surface area contributed by atoms with E-state index in [1.807, 2.05) is 26.0 Å². The van der Waals surface area contributed by atoms with Crippen LogP contribution in [0.4, 0.5) is 5.82 Å². The summed E-state index contributed by atoms with van der Waals surface area (Å²) in [6.45, 7) is 6.12. The number of benzene rings is 1. The van der Waals surface area contributed by atoms with Gasteiger partial charge < -0.3 is 15.0 Å². The minimum atomic E-state index is -0.351. The zero-order valence-corrected chi connectivity index (χ0v) is 18.2. The third kappa shape index (κ3) is 4.88. The van der Waals surface area contributed by atoms with Crippen molar-refractivity contribution in [3.8, 4) is 0 Å². The lowest BCUT2D eigenvalue weighted by Gasteiger charge is -2.36. The zero-order valence-electron chi connectivity index (χ0n) is 18.2. The summed E-state index contributed by atoms with van der Waals surface area (Å²) in [5.74, 6) is 0.674. The molecule has 1 aromatic carbocycles. The van der Waals surface area contributed by atoms with Crippen LogP contribution >= 0.6 is 0 Å². The third-order valence-corrected chi connectivity index (χ3v) is 5.49. The van der Waals surface area contributed by atoms with E-state index < -0.39 is 0 Å². The minimum Gasteiger partial charge on any atom is -0.372 e. The summed E-state index contributed by atoms with van der Waals surface area (Å²) in [5.41, 5.74) is 0.211. The van der Waals surface area contributed by atoms with Gasteiger partial charge in [0.1, 0.15) is 5.82 Å². The molecule has 2 N–H and O–H groups in total. The van der Waals surface area contributed by atoms with Crippen LogP contribution in [0.15, 0.2) is 52.2 Å². The van der Waals surface area contributed by atoms with Gasteiger partial charge in [0, 0.05) is 32.3 Å². The second-order valence-electron chi connectivity index (χ2n) is 8.16. The average Bonchev–Trinajstić information content (AvgIpc) is 2.79. The van der Waals surface area contributed by atoms with Crippen molar-refractivity contribution in [2.75, 3.05) is 18.0 Å². The highest BCUT2D eigenvalue weighted by Crippen LogP contribution is 2.18. The molecular weight excluding hydrogens is 410 g/mol. The normalized spacial score (nSPS) is 18.6. The third-order valence-electron chi connectivity index (χ3n) is 5.49. The van der Waals surface area contributed by atoms with Gasteiger partial charge in [0.05, 0.1) is 29.5 Å². The maximum Gasteiger partial charge on any atom is 0.273 e. The second kappa shape index (κ2) is 9.35. The number of pyridine rings is 1. The highest BCUT2D eigenvalue weighted by atomic mass is 16.5. The van der Waals surface area contributed by atoms with E-state index in [-0.39, 0.29) is 42.2 Å². The number of aromatic amines is 1. The topological polar surface area (TPSA) is 109 Å². The summed E-state index contributed by atoms with van der Waals surface area (Å²) in [5, 5.41) is 6.05. The van der Waals surface area contributed by atoms with E-state index in [2.05, 4.69) is 20.3 Å². The number of morpholine rings is 1. The first-order chi connectivity index (χ1) is 15.4. The summed E-state index contributed by atoms with van der Waals surface area (Å²) >= 11 is 0. The molecule has 9 nitrogen and oxygen atoms in total. The molecule has 3 heterocycles. The zero-order chi connectivity index (χ0) is 22.7. The number of amides is 1. The molecule has 1 aliphatic rings. The first-order valence-electron chi connectivity index (χ1n) is 10.7. The number of rotatable bonds is 6. The Morgan fingerprint density at radius 2 is 1.84 bits per heavy atom. The molecule has 1 amide bonds. The van der Waals surface area contributed by atoms with E-state index in [0.717, 1.165) is 24.5 Å². The van der Waals surface area contributed by atoms with Crippen molar-refractivity contribution in [1.82, 2.24) is 20.1 Å². The summed E-state index contributed by atoms with van der Waals surface area (Å²) in [6.07, 6.45) is 2.14. The summed E-state index contributed by atoms with van der Waals surface area (Å²) < 4.78 is 6.94. The van der Waals surface area contributed by atoms with Crippen LogP contribution in [0.25, 0.3) is 10.8 Å². The highest BCUT2D eigenvalue weighted by Gasteiger charge is 2.23. The average molecular weight is 438 g/mol. The molecule has 1 fully saturated rings. The van der Waals surface area contributed by atoms with E-state index in [0.29, 0.717) is 17.3 Å². The van der Waals surface area contributed by atoms with E-state index in [4.69, 9.17) is 4.74 Å². The number of carbonyl (C=O) groups is 1. The van der Waals surface area contributed by atoms with E-state index in [1.165, 1.54) is 4.68 Å². The predicted molar refractivity (Wildman–Crippen MR) is 122 cm³/mol. The monoisotopic (exact) mass is 437 g/mol. The number of hydrogen-bond donors (Lipinski definition) is 2. The Labute approximate surface area is 185 Å². The molecule has 2 atom stereocenters. The first-order valence-corrected chi connectivity index (χ1v) is 10.7. The Hall–Kier alpha value is -3.46. The van der Waals surface area contributed by atoms with Crippen molar-refractivity contribution in [3.05, 3.63) is 68.9 Å². The van der Waals surface area contributed by atoms with Crippen molar-refractivity contribution < 1.29 is 9.53 Å². The Balaban J connectivity index is 1.32. The smallest absolute Gasteiger partial charge is 0.273 e. The van der Waals surface area contributed by atoms with E-state index >= 15 is 0 Å². The first kappa shape index (κ1) is 21.8. The van der Waals surface area contributed by atoms with Crippen LogP contribution in [-0.2, 0) is 22.6 Å². The molecule has 3 aromatic rings. The van der Waals surface area contributed by atoms with Gasteiger partial charge in [-0.2, -0.15) is 0 Å². The second-order valence-corrected chi connectivity index (χ2v) is 8.16. The van der Waals surface area contributed by atoms with Crippen LogP contribution < -0.4 is 21.3 Å². The van der Waals surface area contributed by atoms with Gasteiger partial charge in [-0.05, 0) is 37.6 Å². The number of fused-ring (bicyclic) bond motifs is 1. The molecule has 2 unspecified atom stereocenters. The van der Waals surface area contributed by atoms with Crippen molar-refractivity contribution >= 4 is 22.5 Å². The number of hydrogen-bond acceptors (Lipinski definition) is 6. The van der Waals surface area contributed by atoms with Crippen LogP contribution in [0.1, 0.15) is 25.8 Å². The van der Waals surface area contributed by atoms with Gasteiger partial charge in [0.2, 0.25) is 5.91 Å². The SMILES string of the molecule is CC1CN(c2ccc(CNC(=O)CCn3[nH]c(=O)c4ccccc4c3=O)cn2)CC(C)O1. The van der Waals surface area contributed by atoms with Gasteiger partial charge in [-0.15, -0.1) is 0 Å².